The fraction of sp³-hybridized carbons (Fsp3) is 0.250. The summed E-state index contributed by atoms with van der Waals surface area (Å²) >= 11 is 0. The van der Waals surface area contributed by atoms with Gasteiger partial charge in [-0.1, -0.05) is 12.1 Å². The predicted molar refractivity (Wildman–Crippen MR) is 79.8 cm³/mol. The number of hydrogen-bond acceptors (Lipinski definition) is 5. The van der Waals surface area contributed by atoms with Crippen LogP contribution in [-0.4, -0.2) is 40.1 Å². The number of rotatable bonds is 4. The molecule has 0 saturated heterocycles. The van der Waals surface area contributed by atoms with E-state index in [1.54, 1.807) is 24.4 Å². The van der Waals surface area contributed by atoms with Crippen LogP contribution in [0, 0.1) is 5.82 Å². The van der Waals surface area contributed by atoms with Crippen LogP contribution in [-0.2, 0) is 6.61 Å². The summed E-state index contributed by atoms with van der Waals surface area (Å²) in [7, 11) is 1.91. The monoisotopic (exact) mass is 301 g/mol. The first kappa shape index (κ1) is 14.5. The van der Waals surface area contributed by atoms with Gasteiger partial charge >= 0.3 is 0 Å². The van der Waals surface area contributed by atoms with Crippen molar-refractivity contribution in [2.45, 2.75) is 6.61 Å². The molecule has 0 spiro atoms. The van der Waals surface area contributed by atoms with Crippen molar-refractivity contribution in [1.29, 1.82) is 0 Å². The highest BCUT2D eigenvalue weighted by Gasteiger charge is 2.22. The van der Waals surface area contributed by atoms with Crippen molar-refractivity contribution >= 4 is 5.57 Å². The van der Waals surface area contributed by atoms with Gasteiger partial charge in [0.25, 0.3) is 0 Å². The van der Waals surface area contributed by atoms with E-state index < -0.39 is 0 Å². The first-order valence-corrected chi connectivity index (χ1v) is 6.92. The van der Waals surface area contributed by atoms with E-state index in [0.717, 1.165) is 11.1 Å². The molecule has 22 heavy (non-hydrogen) atoms. The highest BCUT2D eigenvalue weighted by atomic mass is 19.1. The lowest BCUT2D eigenvalue weighted by Gasteiger charge is -2.08. The maximum atomic E-state index is 12.8. The molecule has 0 fully saturated rings. The van der Waals surface area contributed by atoms with Gasteiger partial charge in [0, 0.05) is 24.4 Å². The first-order valence-electron chi connectivity index (χ1n) is 6.92. The molecule has 1 aliphatic heterocycles. The molecule has 3 rings (SSSR count). The summed E-state index contributed by atoms with van der Waals surface area (Å²) in [5.74, 6) is 0.904. The lowest BCUT2D eigenvalue weighted by molar-refractivity contribution is 0.292. The van der Waals surface area contributed by atoms with Gasteiger partial charge in [0.15, 0.2) is 5.82 Å². The molecule has 114 valence electrons. The van der Waals surface area contributed by atoms with Crippen LogP contribution in [0.15, 0.2) is 42.3 Å². The van der Waals surface area contributed by atoms with Crippen LogP contribution in [0.5, 0.6) is 5.88 Å². The van der Waals surface area contributed by atoms with E-state index in [2.05, 4.69) is 9.97 Å². The van der Waals surface area contributed by atoms with Gasteiger partial charge in [-0.3, -0.25) is 4.90 Å². The molecule has 2 aromatic rings. The van der Waals surface area contributed by atoms with Crippen molar-refractivity contribution < 1.29 is 14.2 Å². The largest absolute Gasteiger partial charge is 0.510 e. The smallest absolute Gasteiger partial charge is 0.217 e. The Kier molecular flexibility index (Phi) is 4.02. The Morgan fingerprint density at radius 1 is 1.23 bits per heavy atom. The molecule has 0 unspecified atom stereocenters. The van der Waals surface area contributed by atoms with Crippen molar-refractivity contribution in [2.75, 3.05) is 20.1 Å². The number of aliphatic hydroxyl groups is 1. The first-order chi connectivity index (χ1) is 10.6. The van der Waals surface area contributed by atoms with Gasteiger partial charge in [0.2, 0.25) is 5.88 Å². The Morgan fingerprint density at radius 2 is 2.00 bits per heavy atom. The average molecular weight is 301 g/mol. The van der Waals surface area contributed by atoms with Crippen LogP contribution in [0.1, 0.15) is 11.4 Å². The molecular weight excluding hydrogens is 285 g/mol. The molecule has 2 heterocycles. The second-order valence-corrected chi connectivity index (χ2v) is 5.23. The van der Waals surface area contributed by atoms with E-state index in [9.17, 15) is 9.50 Å². The number of ether oxygens (including phenoxy) is 1. The van der Waals surface area contributed by atoms with Crippen molar-refractivity contribution in [2.24, 2.45) is 0 Å². The number of aromatic nitrogens is 2. The van der Waals surface area contributed by atoms with Crippen LogP contribution in [0.3, 0.4) is 0 Å². The molecule has 0 saturated carbocycles. The maximum absolute atomic E-state index is 12.8. The van der Waals surface area contributed by atoms with Gasteiger partial charge < -0.3 is 9.84 Å². The Balaban J connectivity index is 1.72. The summed E-state index contributed by atoms with van der Waals surface area (Å²) in [5.41, 5.74) is 1.57. The third-order valence-corrected chi connectivity index (χ3v) is 3.40. The van der Waals surface area contributed by atoms with Gasteiger partial charge in [-0.05, 0) is 24.7 Å². The van der Waals surface area contributed by atoms with E-state index in [0.29, 0.717) is 31.4 Å². The predicted octanol–water partition coefficient (Wildman–Crippen LogP) is 2.41. The number of benzene rings is 1. The van der Waals surface area contributed by atoms with Gasteiger partial charge in [0.1, 0.15) is 18.2 Å². The fourth-order valence-electron chi connectivity index (χ4n) is 2.27. The minimum Gasteiger partial charge on any atom is -0.510 e. The summed E-state index contributed by atoms with van der Waals surface area (Å²) in [6, 6.07) is 7.77. The molecule has 1 aliphatic rings. The van der Waals surface area contributed by atoms with Crippen molar-refractivity contribution in [3.8, 4) is 5.88 Å². The van der Waals surface area contributed by atoms with Crippen LogP contribution >= 0.6 is 0 Å². The van der Waals surface area contributed by atoms with Gasteiger partial charge in [-0.15, -0.1) is 0 Å². The van der Waals surface area contributed by atoms with Gasteiger partial charge in [0.05, 0.1) is 6.54 Å². The summed E-state index contributed by atoms with van der Waals surface area (Å²) in [5, 5.41) is 9.92. The van der Waals surface area contributed by atoms with Gasteiger partial charge in [-0.2, -0.15) is 4.98 Å². The average Bonchev–Trinajstić information content (AvgIpc) is 2.86. The number of likely N-dealkylation sites (N-methyl/N-ethyl adjacent to an activating group) is 1. The summed E-state index contributed by atoms with van der Waals surface area (Å²) in [6.45, 7) is 1.40. The minimum absolute atomic E-state index is 0.277. The highest BCUT2D eigenvalue weighted by molar-refractivity contribution is 5.66. The zero-order valence-corrected chi connectivity index (χ0v) is 12.2. The number of nitrogens with zero attached hydrogens (tertiary/aromatic N) is 3. The Hall–Kier alpha value is -2.47. The Morgan fingerprint density at radius 3 is 2.68 bits per heavy atom. The molecule has 0 bridgehead atoms. The quantitative estimate of drug-likeness (QED) is 0.940. The maximum Gasteiger partial charge on any atom is 0.217 e. The molecule has 0 amide bonds. The molecule has 0 atom stereocenters. The number of hydrogen-bond donors (Lipinski definition) is 1. The third kappa shape index (κ3) is 3.23. The normalized spacial score (nSPS) is 15.4. The van der Waals surface area contributed by atoms with Gasteiger partial charge in [-0.25, -0.2) is 9.37 Å². The van der Waals surface area contributed by atoms with Crippen molar-refractivity contribution in [3.63, 3.8) is 0 Å². The highest BCUT2D eigenvalue weighted by Crippen LogP contribution is 2.22. The molecule has 1 aromatic heterocycles. The summed E-state index contributed by atoms with van der Waals surface area (Å²) in [6.07, 6.45) is 1.60. The van der Waals surface area contributed by atoms with Crippen LogP contribution in [0.4, 0.5) is 4.39 Å². The Bertz CT molecular complexity index is 701. The van der Waals surface area contributed by atoms with Crippen LogP contribution < -0.4 is 4.74 Å². The fourth-order valence-corrected chi connectivity index (χ4v) is 2.27. The second kappa shape index (κ2) is 6.11. The third-order valence-electron chi connectivity index (χ3n) is 3.40. The van der Waals surface area contributed by atoms with Crippen LogP contribution in [0.2, 0.25) is 0 Å². The van der Waals surface area contributed by atoms with E-state index in [-0.39, 0.29) is 11.6 Å². The Labute approximate surface area is 127 Å². The molecule has 5 nitrogen and oxygen atoms in total. The second-order valence-electron chi connectivity index (χ2n) is 5.23. The lowest BCUT2D eigenvalue weighted by atomic mass is 10.2. The topological polar surface area (TPSA) is 58.5 Å². The number of aliphatic hydroxyl groups excluding tert-OH is 1. The summed E-state index contributed by atoms with van der Waals surface area (Å²) in [4.78, 5) is 10.5. The van der Waals surface area contributed by atoms with E-state index in [4.69, 9.17) is 4.74 Å². The standard InChI is InChI=1S/C16H16FN3O2/c1-20-8-13(14(21)9-20)16-18-7-6-15(19-16)22-10-11-2-4-12(17)5-3-11/h2-7,21H,8-10H2,1H3. The lowest BCUT2D eigenvalue weighted by Crippen LogP contribution is -2.14. The number of halogens is 1. The van der Waals surface area contributed by atoms with E-state index in [1.807, 2.05) is 11.9 Å². The van der Waals surface area contributed by atoms with E-state index in [1.165, 1.54) is 12.1 Å². The molecule has 6 heteroatoms. The van der Waals surface area contributed by atoms with Crippen molar-refractivity contribution in [1.82, 2.24) is 14.9 Å². The molecule has 1 N–H and O–H groups in total. The molecule has 1 aromatic carbocycles. The van der Waals surface area contributed by atoms with Crippen LogP contribution in [0.25, 0.3) is 5.57 Å². The van der Waals surface area contributed by atoms with E-state index >= 15 is 0 Å². The zero-order valence-electron chi connectivity index (χ0n) is 12.2. The SMILES string of the molecule is CN1CC(O)=C(c2nccc(OCc3ccc(F)cc3)n2)C1. The zero-order chi connectivity index (χ0) is 15.5. The molecule has 0 radical (unpaired) electrons. The molecular formula is C16H16FN3O2. The minimum atomic E-state index is -0.277. The molecule has 0 aliphatic carbocycles. The summed E-state index contributed by atoms with van der Waals surface area (Å²) < 4.78 is 18.5. The van der Waals surface area contributed by atoms with Crippen molar-refractivity contribution in [3.05, 3.63) is 59.5 Å².